The number of benzene rings is 4. The number of phenolic OH excluding ortho intramolecular Hbond substituents is 2. The number of azo groups is 2. The van der Waals surface area contributed by atoms with Crippen LogP contribution in [0.5, 0.6) is 11.5 Å². The Labute approximate surface area is 238 Å². The SMILES string of the molecule is CCS(=O)(=O)c1ccc(C)c(/N=N/c2c(NC)ccc3c(O)c(/N=N/c4cc(S(=O)(=O)CC)ccc4O)ccc23)c1. The van der Waals surface area contributed by atoms with E-state index < -0.39 is 19.7 Å². The lowest BCUT2D eigenvalue weighted by Crippen LogP contribution is -2.03. The van der Waals surface area contributed by atoms with E-state index >= 15 is 0 Å². The highest BCUT2D eigenvalue weighted by atomic mass is 32.2. The molecular weight excluding hydrogens is 566 g/mol. The van der Waals surface area contributed by atoms with Crippen molar-refractivity contribution in [3.05, 3.63) is 66.2 Å². The number of sulfone groups is 2. The second kappa shape index (κ2) is 11.6. The summed E-state index contributed by atoms with van der Waals surface area (Å²) in [7, 11) is -5.25. The normalized spacial score (nSPS) is 12.5. The molecule has 0 radical (unpaired) electrons. The molecule has 214 valence electrons. The number of nitrogens with one attached hydrogen (secondary N) is 1. The van der Waals surface area contributed by atoms with Crippen LogP contribution in [-0.4, -0.2) is 45.6 Å². The highest BCUT2D eigenvalue weighted by molar-refractivity contribution is 7.91. The van der Waals surface area contributed by atoms with Crippen LogP contribution in [0.2, 0.25) is 0 Å². The monoisotopic (exact) mass is 595 g/mol. The van der Waals surface area contributed by atoms with E-state index in [1.807, 2.05) is 0 Å². The Kier molecular flexibility index (Phi) is 8.40. The summed E-state index contributed by atoms with van der Waals surface area (Å²) < 4.78 is 49.1. The summed E-state index contributed by atoms with van der Waals surface area (Å²) in [6.07, 6.45) is 0. The molecular formula is C28H29N5O6S2. The van der Waals surface area contributed by atoms with Crippen molar-refractivity contribution in [2.45, 2.75) is 30.6 Å². The zero-order valence-electron chi connectivity index (χ0n) is 22.8. The summed E-state index contributed by atoms with van der Waals surface area (Å²) in [6.45, 7) is 4.88. The van der Waals surface area contributed by atoms with Gasteiger partial charge in [0, 0.05) is 17.8 Å². The summed E-state index contributed by atoms with van der Waals surface area (Å²) >= 11 is 0. The van der Waals surface area contributed by atoms with E-state index in [4.69, 9.17) is 0 Å². The average Bonchev–Trinajstić information content (AvgIpc) is 2.96. The van der Waals surface area contributed by atoms with Gasteiger partial charge in [-0.1, -0.05) is 19.9 Å². The van der Waals surface area contributed by atoms with E-state index in [9.17, 15) is 27.0 Å². The summed E-state index contributed by atoms with van der Waals surface area (Å²) in [6, 6.07) is 15.0. The molecule has 0 aliphatic carbocycles. The van der Waals surface area contributed by atoms with E-state index in [1.54, 1.807) is 45.2 Å². The third-order valence-corrected chi connectivity index (χ3v) is 9.99. The van der Waals surface area contributed by atoms with Crippen LogP contribution in [-0.2, 0) is 19.7 Å². The van der Waals surface area contributed by atoms with Gasteiger partial charge in [0.25, 0.3) is 0 Å². The molecule has 0 spiro atoms. The third-order valence-electron chi connectivity index (χ3n) is 6.52. The summed E-state index contributed by atoms with van der Waals surface area (Å²) in [5.41, 5.74) is 2.15. The second-order valence-electron chi connectivity index (χ2n) is 9.05. The molecule has 0 fully saturated rings. The highest BCUT2D eigenvalue weighted by Gasteiger charge is 2.16. The molecule has 4 aromatic carbocycles. The molecule has 0 saturated carbocycles. The first kappa shape index (κ1) is 29.6. The van der Waals surface area contributed by atoms with Crippen LogP contribution in [0.25, 0.3) is 10.8 Å². The molecule has 3 N–H and O–H groups in total. The van der Waals surface area contributed by atoms with Crippen molar-refractivity contribution in [2.75, 3.05) is 23.9 Å². The molecule has 0 amide bonds. The maximum atomic E-state index is 12.4. The minimum Gasteiger partial charge on any atom is -0.506 e. The molecule has 4 aromatic rings. The molecule has 0 bridgehead atoms. The van der Waals surface area contributed by atoms with Crippen LogP contribution in [0.1, 0.15) is 19.4 Å². The molecule has 0 aliphatic rings. The fraction of sp³-hybridized carbons (Fsp3) is 0.214. The maximum Gasteiger partial charge on any atom is 0.178 e. The van der Waals surface area contributed by atoms with Crippen molar-refractivity contribution < 1.29 is 27.0 Å². The van der Waals surface area contributed by atoms with Crippen molar-refractivity contribution in [2.24, 2.45) is 20.5 Å². The van der Waals surface area contributed by atoms with E-state index in [1.165, 1.54) is 43.3 Å². The van der Waals surface area contributed by atoms with Crippen molar-refractivity contribution in [1.29, 1.82) is 0 Å². The van der Waals surface area contributed by atoms with Gasteiger partial charge in [0.05, 0.1) is 32.7 Å². The zero-order chi connectivity index (χ0) is 29.9. The van der Waals surface area contributed by atoms with Crippen molar-refractivity contribution in [1.82, 2.24) is 0 Å². The standard InChI is InChI=1S/C28H29N5O6S2/c1-5-40(36,37)18-8-7-17(3)24(15-18)31-33-27-20-10-13-23(28(35)21(20)11-12-22(27)29-4)30-32-25-16-19(9-14-26(25)34)41(38,39)6-2/h7-16,29,34-35H,5-6H2,1-4H3/b32-30+,33-31+. The number of aromatic hydroxyl groups is 2. The average molecular weight is 596 g/mol. The first-order chi connectivity index (χ1) is 19.4. The molecule has 11 nitrogen and oxygen atoms in total. The molecule has 0 atom stereocenters. The van der Waals surface area contributed by atoms with Gasteiger partial charge in [-0.3, -0.25) is 0 Å². The van der Waals surface area contributed by atoms with Gasteiger partial charge in [-0.05, 0) is 67.1 Å². The summed E-state index contributed by atoms with van der Waals surface area (Å²) in [5, 5.41) is 41.9. The minimum atomic E-state index is -3.53. The largest absolute Gasteiger partial charge is 0.506 e. The number of hydrogen-bond acceptors (Lipinski definition) is 11. The minimum absolute atomic E-state index is 0.00264. The van der Waals surface area contributed by atoms with Gasteiger partial charge in [-0.15, -0.1) is 15.3 Å². The number of anilines is 1. The number of rotatable bonds is 9. The molecule has 0 aliphatic heterocycles. The van der Waals surface area contributed by atoms with Crippen molar-refractivity contribution in [3.8, 4) is 11.5 Å². The summed E-state index contributed by atoms with van der Waals surface area (Å²) in [5.74, 6) is -0.635. The number of fused-ring (bicyclic) bond motifs is 1. The van der Waals surface area contributed by atoms with Crippen LogP contribution in [0.4, 0.5) is 28.4 Å². The van der Waals surface area contributed by atoms with E-state index in [2.05, 4.69) is 25.8 Å². The van der Waals surface area contributed by atoms with Gasteiger partial charge in [-0.2, -0.15) is 5.11 Å². The lowest BCUT2D eigenvalue weighted by Gasteiger charge is -2.11. The predicted molar refractivity (Wildman–Crippen MR) is 158 cm³/mol. The first-order valence-electron chi connectivity index (χ1n) is 12.6. The van der Waals surface area contributed by atoms with E-state index in [0.29, 0.717) is 27.8 Å². The molecule has 0 saturated heterocycles. The molecule has 0 heterocycles. The number of phenols is 2. The van der Waals surface area contributed by atoms with E-state index in [0.717, 1.165) is 5.56 Å². The van der Waals surface area contributed by atoms with Crippen LogP contribution in [0.3, 0.4) is 0 Å². The van der Waals surface area contributed by atoms with Gasteiger partial charge in [-0.25, -0.2) is 16.8 Å². The Bertz CT molecular complexity index is 1920. The Morgan fingerprint density at radius 1 is 0.683 bits per heavy atom. The van der Waals surface area contributed by atoms with Crippen LogP contribution in [0, 0.1) is 6.92 Å². The summed E-state index contributed by atoms with van der Waals surface area (Å²) in [4.78, 5) is 0.153. The first-order valence-corrected chi connectivity index (χ1v) is 15.9. The van der Waals surface area contributed by atoms with Gasteiger partial charge in [0.2, 0.25) is 0 Å². The molecule has 0 aromatic heterocycles. The fourth-order valence-corrected chi connectivity index (χ4v) is 5.76. The Morgan fingerprint density at radius 2 is 1.24 bits per heavy atom. The quantitative estimate of drug-likeness (QED) is 0.175. The maximum absolute atomic E-state index is 12.4. The van der Waals surface area contributed by atoms with E-state index in [-0.39, 0.29) is 44.2 Å². The Hall–Kier alpha value is -4.36. The van der Waals surface area contributed by atoms with Gasteiger partial charge in [0.15, 0.2) is 25.4 Å². The molecule has 0 unspecified atom stereocenters. The molecule has 4 rings (SSSR count). The highest BCUT2D eigenvalue weighted by Crippen LogP contribution is 2.43. The number of hydrogen-bond donors (Lipinski definition) is 3. The number of aryl methyl sites for hydroxylation is 1. The molecule has 41 heavy (non-hydrogen) atoms. The van der Waals surface area contributed by atoms with Gasteiger partial charge >= 0.3 is 0 Å². The van der Waals surface area contributed by atoms with Gasteiger partial charge < -0.3 is 15.5 Å². The number of nitrogens with zero attached hydrogens (tertiary/aromatic N) is 4. The van der Waals surface area contributed by atoms with Gasteiger partial charge in [0.1, 0.15) is 22.8 Å². The Morgan fingerprint density at radius 3 is 1.88 bits per heavy atom. The van der Waals surface area contributed by atoms with Crippen LogP contribution in [0.15, 0.2) is 90.9 Å². The Balaban J connectivity index is 1.77. The molecule has 13 heteroatoms. The second-order valence-corrected chi connectivity index (χ2v) is 13.6. The zero-order valence-corrected chi connectivity index (χ0v) is 24.5. The topological polar surface area (TPSA) is 170 Å². The van der Waals surface area contributed by atoms with Crippen LogP contribution < -0.4 is 5.32 Å². The lowest BCUT2D eigenvalue weighted by molar-refractivity contribution is 0.475. The van der Waals surface area contributed by atoms with Crippen molar-refractivity contribution in [3.63, 3.8) is 0 Å². The smallest absolute Gasteiger partial charge is 0.178 e. The third kappa shape index (κ3) is 6.05. The van der Waals surface area contributed by atoms with Crippen molar-refractivity contribution >= 4 is 58.9 Å². The lowest BCUT2D eigenvalue weighted by atomic mass is 10.1. The predicted octanol–water partition coefficient (Wildman–Crippen LogP) is 7.02. The fourth-order valence-electron chi connectivity index (χ4n) is 3.96. The van der Waals surface area contributed by atoms with Crippen LogP contribution >= 0.6 is 0 Å².